The van der Waals surface area contributed by atoms with Crippen molar-refractivity contribution in [1.82, 2.24) is 15.0 Å². The molecule has 3 rings (SSSR count). The Bertz CT molecular complexity index is 1080. The molecule has 0 fully saturated rings. The van der Waals surface area contributed by atoms with Crippen LogP contribution < -0.4 is 5.48 Å². The van der Waals surface area contributed by atoms with Gasteiger partial charge in [-0.25, -0.2) is 9.87 Å². The molecule has 0 bridgehead atoms. The van der Waals surface area contributed by atoms with E-state index < -0.39 is 11.7 Å². The quantitative estimate of drug-likeness (QED) is 0.231. The Kier molecular flexibility index (Phi) is 9.97. The Morgan fingerprint density at radius 3 is 2.64 bits per heavy atom. The Hall–Kier alpha value is -2.33. The number of rotatable bonds is 9. The maximum atomic E-state index is 14.5. The van der Waals surface area contributed by atoms with Crippen LogP contribution in [-0.2, 0) is 16.1 Å². The van der Waals surface area contributed by atoms with Gasteiger partial charge in [-0.05, 0) is 60.8 Å². The second kappa shape index (κ2) is 12.2. The lowest BCUT2D eigenvalue weighted by Gasteiger charge is -2.17. The maximum absolute atomic E-state index is 14.5. The number of amides is 1. The number of nitrogens with zero attached hydrogens (tertiary/aromatic N) is 2. The van der Waals surface area contributed by atoms with E-state index in [9.17, 15) is 14.3 Å². The molecule has 1 aromatic carbocycles. The summed E-state index contributed by atoms with van der Waals surface area (Å²) in [6.07, 6.45) is 3.76. The largest absolute Gasteiger partial charge is 0.366 e. The molecule has 33 heavy (non-hydrogen) atoms. The van der Waals surface area contributed by atoms with Gasteiger partial charge in [0, 0.05) is 21.6 Å². The summed E-state index contributed by atoms with van der Waals surface area (Å²) in [5.74, 6) is -2.00. The number of hydroxylamine groups is 1. The van der Waals surface area contributed by atoms with Crippen molar-refractivity contribution < 1.29 is 23.9 Å². The van der Waals surface area contributed by atoms with E-state index >= 15 is 0 Å². The van der Waals surface area contributed by atoms with Crippen LogP contribution in [0.3, 0.4) is 0 Å². The van der Waals surface area contributed by atoms with Gasteiger partial charge in [-0.1, -0.05) is 26.0 Å². The molecule has 0 aliphatic carbocycles. The van der Waals surface area contributed by atoms with Crippen molar-refractivity contribution >= 4 is 32.7 Å². The first-order valence-corrected chi connectivity index (χ1v) is 11.6. The fraction of sp³-hybridized carbons (Fsp3) is 0.417. The molecule has 0 unspecified atom stereocenters. The van der Waals surface area contributed by atoms with Crippen LogP contribution in [0, 0.1) is 12.7 Å². The van der Waals surface area contributed by atoms with Crippen molar-refractivity contribution in [3.63, 3.8) is 0 Å². The summed E-state index contributed by atoms with van der Waals surface area (Å²) in [4.78, 5) is 22.3. The van der Waals surface area contributed by atoms with E-state index in [0.717, 1.165) is 15.4 Å². The van der Waals surface area contributed by atoms with Crippen LogP contribution in [-0.4, -0.2) is 39.6 Å². The van der Waals surface area contributed by atoms with Crippen molar-refractivity contribution in [3.8, 4) is 0 Å². The number of aryl methyl sites for hydroxylation is 1. The zero-order chi connectivity index (χ0) is 24.6. The number of benzene rings is 1. The number of ether oxygens (including phenoxy) is 1. The number of halogens is 2. The minimum Gasteiger partial charge on any atom is -0.366 e. The summed E-state index contributed by atoms with van der Waals surface area (Å²) < 4.78 is 22.1. The number of aromatic nitrogens is 2. The molecule has 1 amide bonds. The van der Waals surface area contributed by atoms with E-state index in [2.05, 4.69) is 26.4 Å². The van der Waals surface area contributed by atoms with Crippen molar-refractivity contribution in [2.45, 2.75) is 53.4 Å². The molecule has 0 aliphatic rings. The summed E-state index contributed by atoms with van der Waals surface area (Å²) in [6, 6.07) is 6.72. The summed E-state index contributed by atoms with van der Waals surface area (Å²) in [5, 5.41) is 10.3. The molecule has 0 atom stereocenters. The molecule has 2 aromatic heterocycles. The standard InChI is InChI=1S/C22H25BrFN3O4.C2H6/c1-14-5-6-15(18(24)9-14)13-27-19(10-16-17(23)11-25-12-20(16)27)21(28)26-31-8-4-7-30-22(2,3)29;1-2/h5-6,9-12,29H,4,7-8,13H2,1-3H3,(H,26,28);1-2H3. The van der Waals surface area contributed by atoms with Gasteiger partial charge in [0.15, 0.2) is 5.79 Å². The topological polar surface area (TPSA) is 85.6 Å². The number of hydrogen-bond acceptors (Lipinski definition) is 5. The molecule has 9 heteroatoms. The maximum Gasteiger partial charge on any atom is 0.291 e. The first-order valence-electron chi connectivity index (χ1n) is 10.8. The molecule has 0 saturated heterocycles. The highest BCUT2D eigenvalue weighted by atomic mass is 79.9. The summed E-state index contributed by atoms with van der Waals surface area (Å²) >= 11 is 3.45. The Balaban J connectivity index is 0.00000187. The second-order valence-electron chi connectivity index (χ2n) is 7.69. The molecule has 7 nitrogen and oxygen atoms in total. The van der Waals surface area contributed by atoms with Crippen molar-refractivity contribution in [2.75, 3.05) is 13.2 Å². The monoisotopic (exact) mass is 523 g/mol. The van der Waals surface area contributed by atoms with Gasteiger partial charge in [0.1, 0.15) is 11.5 Å². The lowest BCUT2D eigenvalue weighted by molar-refractivity contribution is -0.178. The van der Waals surface area contributed by atoms with E-state index in [1.807, 2.05) is 26.8 Å². The van der Waals surface area contributed by atoms with Gasteiger partial charge in [-0.15, -0.1) is 0 Å². The van der Waals surface area contributed by atoms with E-state index in [1.165, 1.54) is 6.07 Å². The molecule has 3 aromatic rings. The predicted octanol–water partition coefficient (Wildman–Crippen LogP) is 5.12. The molecule has 0 aliphatic heterocycles. The number of carbonyl (C=O) groups is 1. The van der Waals surface area contributed by atoms with Gasteiger partial charge in [-0.2, -0.15) is 0 Å². The fourth-order valence-electron chi connectivity index (χ4n) is 3.07. The van der Waals surface area contributed by atoms with Gasteiger partial charge >= 0.3 is 0 Å². The van der Waals surface area contributed by atoms with E-state index in [1.54, 1.807) is 42.9 Å². The minimum absolute atomic E-state index is 0.163. The van der Waals surface area contributed by atoms with Crippen LogP contribution in [0.25, 0.3) is 10.9 Å². The van der Waals surface area contributed by atoms with Crippen molar-refractivity contribution in [1.29, 1.82) is 0 Å². The van der Waals surface area contributed by atoms with E-state index in [0.29, 0.717) is 23.2 Å². The van der Waals surface area contributed by atoms with Crippen LogP contribution in [0.1, 0.15) is 55.7 Å². The lowest BCUT2D eigenvalue weighted by Crippen LogP contribution is -2.28. The smallest absolute Gasteiger partial charge is 0.291 e. The predicted molar refractivity (Wildman–Crippen MR) is 129 cm³/mol. The summed E-state index contributed by atoms with van der Waals surface area (Å²) in [6.45, 7) is 9.55. The number of carbonyl (C=O) groups excluding carboxylic acids is 1. The number of hydrogen-bond donors (Lipinski definition) is 2. The van der Waals surface area contributed by atoms with Gasteiger partial charge in [0.25, 0.3) is 5.91 Å². The van der Waals surface area contributed by atoms with Gasteiger partial charge in [0.2, 0.25) is 0 Å². The summed E-state index contributed by atoms with van der Waals surface area (Å²) in [5.41, 5.74) is 4.71. The number of fused-ring (bicyclic) bond motifs is 1. The lowest BCUT2D eigenvalue weighted by atomic mass is 10.1. The van der Waals surface area contributed by atoms with E-state index in [4.69, 9.17) is 9.57 Å². The first kappa shape index (κ1) is 26.9. The van der Waals surface area contributed by atoms with Gasteiger partial charge in [-0.3, -0.25) is 14.6 Å². The highest BCUT2D eigenvalue weighted by Gasteiger charge is 2.19. The zero-order valence-electron chi connectivity index (χ0n) is 19.6. The number of nitrogens with one attached hydrogen (secondary N) is 1. The average molecular weight is 524 g/mol. The second-order valence-corrected chi connectivity index (χ2v) is 8.55. The number of aliphatic hydroxyl groups is 1. The molecule has 0 spiro atoms. The zero-order valence-corrected chi connectivity index (χ0v) is 21.2. The van der Waals surface area contributed by atoms with Gasteiger partial charge < -0.3 is 14.4 Å². The third kappa shape index (κ3) is 7.60. The molecule has 180 valence electrons. The molecule has 2 N–H and O–H groups in total. The Morgan fingerprint density at radius 2 is 1.97 bits per heavy atom. The molecule has 0 saturated carbocycles. The molecular weight excluding hydrogens is 493 g/mol. The molecule has 0 radical (unpaired) electrons. The highest BCUT2D eigenvalue weighted by molar-refractivity contribution is 9.10. The van der Waals surface area contributed by atoms with Crippen molar-refractivity contribution in [2.24, 2.45) is 0 Å². The van der Waals surface area contributed by atoms with Crippen LogP contribution in [0.15, 0.2) is 41.1 Å². The SMILES string of the molecule is CC.Cc1ccc(Cn2c(C(=O)NOCCCOC(C)(C)O)cc3c(Br)cncc32)c(F)c1. The third-order valence-electron chi connectivity index (χ3n) is 4.56. The third-order valence-corrected chi connectivity index (χ3v) is 5.19. The normalized spacial score (nSPS) is 11.3. The average Bonchev–Trinajstić information content (AvgIpc) is 3.13. The fourth-order valence-corrected chi connectivity index (χ4v) is 3.50. The number of pyridine rings is 1. The van der Waals surface area contributed by atoms with Crippen LogP contribution >= 0.6 is 15.9 Å². The Labute approximate surface area is 202 Å². The van der Waals surface area contributed by atoms with Gasteiger partial charge in [0.05, 0.1) is 31.5 Å². The van der Waals surface area contributed by atoms with E-state index in [-0.39, 0.29) is 25.6 Å². The molecule has 2 heterocycles. The van der Waals surface area contributed by atoms with Crippen LogP contribution in [0.4, 0.5) is 4.39 Å². The Morgan fingerprint density at radius 1 is 1.24 bits per heavy atom. The minimum atomic E-state index is -1.21. The first-order chi connectivity index (χ1) is 15.7. The summed E-state index contributed by atoms with van der Waals surface area (Å²) in [7, 11) is 0. The van der Waals surface area contributed by atoms with Crippen LogP contribution in [0.2, 0.25) is 0 Å². The van der Waals surface area contributed by atoms with Crippen molar-refractivity contribution in [3.05, 3.63) is 63.8 Å². The molecular formula is C24H31BrFN3O4. The van der Waals surface area contributed by atoms with Crippen LogP contribution in [0.5, 0.6) is 0 Å². The highest BCUT2D eigenvalue weighted by Crippen LogP contribution is 2.27.